The molecule has 5 nitrogen and oxygen atoms in total. The molecule has 112 valence electrons. The molecule has 0 atom stereocenters. The van der Waals surface area contributed by atoms with Gasteiger partial charge in [-0.3, -0.25) is 9.28 Å². The lowest BCUT2D eigenvalue weighted by molar-refractivity contribution is -0.305. The second-order valence-electron chi connectivity index (χ2n) is 4.37. The lowest BCUT2D eigenvalue weighted by Gasteiger charge is -2.35. The van der Waals surface area contributed by atoms with E-state index in [4.69, 9.17) is 5.11 Å². The summed E-state index contributed by atoms with van der Waals surface area (Å²) >= 11 is 0. The predicted molar refractivity (Wildman–Crippen MR) is 77.1 cm³/mol. The van der Waals surface area contributed by atoms with Gasteiger partial charge < -0.3 is 15.0 Å². The first-order chi connectivity index (χ1) is 9.41. The van der Waals surface area contributed by atoms with Crippen molar-refractivity contribution in [3.8, 4) is 0 Å². The van der Waals surface area contributed by atoms with Gasteiger partial charge in [0, 0.05) is 0 Å². The number of benzene rings is 1. The molecule has 0 spiro atoms. The maximum atomic E-state index is 9.39. The molecule has 0 aliphatic heterocycles. The average molecular weight is 281 g/mol. The summed E-state index contributed by atoms with van der Waals surface area (Å²) in [5.74, 6) is -2.94. The molecule has 1 N–H and O–H groups in total. The first-order valence-corrected chi connectivity index (χ1v) is 6.75. The predicted octanol–water partition coefficient (Wildman–Crippen LogP) is 1.26. The molecule has 0 bridgehead atoms. The summed E-state index contributed by atoms with van der Waals surface area (Å²) in [7, 11) is 0. The molecule has 1 aromatic carbocycles. The Bertz CT molecular complexity index is 393. The molecule has 0 aliphatic carbocycles. The highest BCUT2D eigenvalue weighted by atomic mass is 16.4. The quantitative estimate of drug-likeness (QED) is 0.629. The van der Waals surface area contributed by atoms with Crippen molar-refractivity contribution >= 4 is 17.6 Å². The Morgan fingerprint density at radius 1 is 1.05 bits per heavy atom. The number of carbonyl (C=O) groups excluding carboxylic acids is 1. The Morgan fingerprint density at radius 3 is 1.75 bits per heavy atom. The zero-order valence-electron chi connectivity index (χ0n) is 12.3. The SMILES string of the molecule is CC[N+](CC)(CC)c1ccccc1.O=C([O-])CC(=O)O. The lowest BCUT2D eigenvalue weighted by Crippen LogP contribution is -2.48. The monoisotopic (exact) mass is 281 g/mol. The van der Waals surface area contributed by atoms with E-state index in [1.807, 2.05) is 0 Å². The molecule has 5 heteroatoms. The minimum atomic E-state index is -1.56. The Kier molecular flexibility index (Phi) is 8.24. The molecule has 0 amide bonds. The van der Waals surface area contributed by atoms with Crippen molar-refractivity contribution in [3.63, 3.8) is 0 Å². The smallest absolute Gasteiger partial charge is 0.309 e. The molecular formula is C15H23NO4. The van der Waals surface area contributed by atoms with Crippen LogP contribution in [-0.2, 0) is 9.59 Å². The summed E-state index contributed by atoms with van der Waals surface area (Å²) in [4.78, 5) is 18.7. The van der Waals surface area contributed by atoms with Gasteiger partial charge in [-0.25, -0.2) is 0 Å². The van der Waals surface area contributed by atoms with E-state index in [1.54, 1.807) is 0 Å². The lowest BCUT2D eigenvalue weighted by atomic mass is 10.2. The van der Waals surface area contributed by atoms with Crippen LogP contribution in [-0.4, -0.2) is 36.7 Å². The van der Waals surface area contributed by atoms with Gasteiger partial charge in [-0.2, -0.15) is 0 Å². The van der Waals surface area contributed by atoms with Gasteiger partial charge >= 0.3 is 5.97 Å². The Hall–Kier alpha value is -1.88. The van der Waals surface area contributed by atoms with Crippen LogP contribution in [0.4, 0.5) is 5.69 Å². The standard InChI is InChI=1S/C12H20N.C3H4O4/c1-4-13(5-2,6-3)12-10-8-7-9-11-12;4-2(5)1-3(6)7/h7-11H,4-6H2,1-3H3;1H2,(H,4,5)(H,6,7)/q+1;/p-1. The van der Waals surface area contributed by atoms with Crippen LogP contribution in [0, 0.1) is 0 Å². The number of hydrogen-bond acceptors (Lipinski definition) is 3. The Morgan fingerprint density at radius 2 is 1.50 bits per heavy atom. The third-order valence-corrected chi connectivity index (χ3v) is 3.42. The van der Waals surface area contributed by atoms with Gasteiger partial charge in [0.15, 0.2) is 0 Å². The molecule has 0 unspecified atom stereocenters. The van der Waals surface area contributed by atoms with Crippen molar-refractivity contribution in [2.24, 2.45) is 0 Å². The largest absolute Gasteiger partial charge is 0.550 e. The van der Waals surface area contributed by atoms with Crippen molar-refractivity contribution in [2.75, 3.05) is 19.6 Å². The van der Waals surface area contributed by atoms with Crippen LogP contribution in [0.25, 0.3) is 0 Å². The highest BCUT2D eigenvalue weighted by molar-refractivity contribution is 5.87. The molecule has 1 rings (SSSR count). The Labute approximate surface area is 120 Å². The van der Waals surface area contributed by atoms with E-state index in [2.05, 4.69) is 51.1 Å². The van der Waals surface area contributed by atoms with Crippen molar-refractivity contribution in [3.05, 3.63) is 30.3 Å². The van der Waals surface area contributed by atoms with E-state index in [9.17, 15) is 14.7 Å². The molecule has 0 saturated carbocycles. The summed E-state index contributed by atoms with van der Waals surface area (Å²) in [6.45, 7) is 10.3. The maximum absolute atomic E-state index is 9.39. The van der Waals surface area contributed by atoms with Gasteiger partial charge in [-0.15, -0.1) is 0 Å². The number of rotatable bonds is 6. The highest BCUT2D eigenvalue weighted by Gasteiger charge is 2.23. The number of carbonyl (C=O) groups is 2. The second-order valence-corrected chi connectivity index (χ2v) is 4.37. The Balaban J connectivity index is 0.000000441. The topological polar surface area (TPSA) is 77.4 Å². The van der Waals surface area contributed by atoms with Crippen LogP contribution in [0.3, 0.4) is 0 Å². The molecule has 0 aliphatic rings. The van der Waals surface area contributed by atoms with E-state index >= 15 is 0 Å². The van der Waals surface area contributed by atoms with Crippen LogP contribution >= 0.6 is 0 Å². The number of nitrogens with zero attached hydrogens (tertiary/aromatic N) is 1. The zero-order valence-corrected chi connectivity index (χ0v) is 12.3. The van der Waals surface area contributed by atoms with Gasteiger partial charge in [0.25, 0.3) is 0 Å². The van der Waals surface area contributed by atoms with E-state index < -0.39 is 18.4 Å². The fourth-order valence-corrected chi connectivity index (χ4v) is 2.09. The van der Waals surface area contributed by atoms with E-state index in [0.29, 0.717) is 0 Å². The van der Waals surface area contributed by atoms with Crippen LogP contribution < -0.4 is 9.59 Å². The van der Waals surface area contributed by atoms with Crippen LogP contribution in [0.2, 0.25) is 0 Å². The fourth-order valence-electron chi connectivity index (χ4n) is 2.09. The normalized spacial score (nSPS) is 10.3. The van der Waals surface area contributed by atoms with Gasteiger partial charge in [0.05, 0.1) is 32.0 Å². The number of hydrogen-bond donors (Lipinski definition) is 1. The van der Waals surface area contributed by atoms with Crippen molar-refractivity contribution in [1.29, 1.82) is 0 Å². The first-order valence-electron chi connectivity index (χ1n) is 6.75. The van der Waals surface area contributed by atoms with Crippen molar-refractivity contribution < 1.29 is 19.8 Å². The van der Waals surface area contributed by atoms with E-state index in [0.717, 1.165) is 4.48 Å². The number of quaternary nitrogens is 1. The minimum absolute atomic E-state index is 0.917. The van der Waals surface area contributed by atoms with Gasteiger partial charge in [-0.1, -0.05) is 18.2 Å². The second kappa shape index (κ2) is 9.09. The van der Waals surface area contributed by atoms with Crippen LogP contribution in [0.15, 0.2) is 30.3 Å². The molecule has 1 aromatic rings. The molecule has 0 aromatic heterocycles. The zero-order chi connectivity index (χ0) is 15.6. The number of carboxylic acid groups (broad SMARTS) is 2. The van der Waals surface area contributed by atoms with Crippen molar-refractivity contribution in [1.82, 2.24) is 4.48 Å². The number of carboxylic acids is 2. The third-order valence-electron chi connectivity index (χ3n) is 3.42. The summed E-state index contributed by atoms with van der Waals surface area (Å²) in [5, 5.41) is 17.0. The molecular weight excluding hydrogens is 258 g/mol. The summed E-state index contributed by atoms with van der Waals surface area (Å²) in [6.07, 6.45) is -0.917. The van der Waals surface area contributed by atoms with Crippen molar-refractivity contribution in [2.45, 2.75) is 27.2 Å². The number of aliphatic carboxylic acids is 2. The summed E-state index contributed by atoms with van der Waals surface area (Å²) < 4.78 is 1.10. The van der Waals surface area contributed by atoms with Crippen LogP contribution in [0.5, 0.6) is 0 Å². The highest BCUT2D eigenvalue weighted by Crippen LogP contribution is 2.21. The molecule has 0 fully saturated rings. The molecule has 0 radical (unpaired) electrons. The van der Waals surface area contributed by atoms with Gasteiger partial charge in [-0.05, 0) is 32.9 Å². The molecule has 0 heterocycles. The summed E-state index contributed by atoms with van der Waals surface area (Å²) in [6, 6.07) is 10.8. The number of para-hydroxylation sites is 1. The third kappa shape index (κ3) is 5.84. The summed E-state index contributed by atoms with van der Waals surface area (Å²) in [5.41, 5.74) is 1.44. The van der Waals surface area contributed by atoms with E-state index in [1.165, 1.54) is 25.3 Å². The molecule has 20 heavy (non-hydrogen) atoms. The van der Waals surface area contributed by atoms with E-state index in [-0.39, 0.29) is 0 Å². The van der Waals surface area contributed by atoms with Gasteiger partial charge in [0.1, 0.15) is 5.69 Å². The van der Waals surface area contributed by atoms with Crippen LogP contribution in [0.1, 0.15) is 27.2 Å². The average Bonchev–Trinajstić information content (AvgIpc) is 2.42. The fraction of sp³-hybridized carbons (Fsp3) is 0.467. The first kappa shape index (κ1) is 18.1. The molecule has 0 saturated heterocycles. The minimum Gasteiger partial charge on any atom is -0.550 e. The maximum Gasteiger partial charge on any atom is 0.309 e. The van der Waals surface area contributed by atoms with Gasteiger partial charge in [0.2, 0.25) is 0 Å².